The van der Waals surface area contributed by atoms with Gasteiger partial charge in [0.15, 0.2) is 5.78 Å². The van der Waals surface area contributed by atoms with Crippen LogP contribution in [0.25, 0.3) is 0 Å². The number of aromatic nitrogens is 2. The first-order chi connectivity index (χ1) is 5.79. The Balaban J connectivity index is 3.04. The predicted molar refractivity (Wildman–Crippen MR) is 46.0 cm³/mol. The van der Waals surface area contributed by atoms with Crippen molar-refractivity contribution in [1.82, 2.24) is 9.97 Å². The lowest BCUT2D eigenvalue weighted by Crippen LogP contribution is -2.04. The maximum atomic E-state index is 11.3. The van der Waals surface area contributed by atoms with E-state index in [2.05, 4.69) is 9.97 Å². The van der Waals surface area contributed by atoms with Gasteiger partial charge < -0.3 is 0 Å². The number of carbonyl (C=O) groups is 1. The molecule has 0 N–H and O–H groups in total. The molecular weight excluding hydrogens is 152 g/mol. The van der Waals surface area contributed by atoms with Crippen molar-refractivity contribution in [2.45, 2.75) is 26.7 Å². The summed E-state index contributed by atoms with van der Waals surface area (Å²) >= 11 is 0. The molecule has 1 heterocycles. The fourth-order valence-corrected chi connectivity index (χ4v) is 1.06. The van der Waals surface area contributed by atoms with E-state index in [0.717, 1.165) is 12.1 Å². The van der Waals surface area contributed by atoms with Crippen molar-refractivity contribution >= 4 is 5.78 Å². The smallest absolute Gasteiger partial charge is 0.165 e. The van der Waals surface area contributed by atoms with Crippen LogP contribution in [0.4, 0.5) is 0 Å². The number of nitrogens with zero attached hydrogens (tertiary/aromatic N) is 2. The number of aryl methyl sites for hydroxylation is 1. The lowest BCUT2D eigenvalue weighted by atomic mass is 10.1. The first kappa shape index (κ1) is 8.84. The van der Waals surface area contributed by atoms with Crippen LogP contribution in [0.15, 0.2) is 12.5 Å². The number of carbonyl (C=O) groups excluding carboxylic acids is 1. The van der Waals surface area contributed by atoms with Crippen LogP contribution < -0.4 is 0 Å². The van der Waals surface area contributed by atoms with Gasteiger partial charge in [0.25, 0.3) is 0 Å². The van der Waals surface area contributed by atoms with E-state index in [0.29, 0.717) is 12.0 Å². The molecule has 0 aromatic carbocycles. The molecule has 0 atom stereocenters. The molecule has 0 radical (unpaired) electrons. The molecule has 3 nitrogen and oxygen atoms in total. The van der Waals surface area contributed by atoms with Gasteiger partial charge in [0.1, 0.15) is 6.33 Å². The summed E-state index contributed by atoms with van der Waals surface area (Å²) in [6, 6.07) is 0. The Kier molecular flexibility index (Phi) is 2.91. The second-order valence-electron chi connectivity index (χ2n) is 2.51. The Hall–Kier alpha value is -1.25. The zero-order chi connectivity index (χ0) is 8.97. The van der Waals surface area contributed by atoms with Gasteiger partial charge in [0.05, 0.1) is 11.3 Å². The van der Waals surface area contributed by atoms with Gasteiger partial charge in [-0.1, -0.05) is 13.8 Å². The van der Waals surface area contributed by atoms with Gasteiger partial charge in [0.2, 0.25) is 0 Å². The average Bonchev–Trinajstić information content (AvgIpc) is 2.16. The SMILES string of the molecule is CCC(=O)c1cncnc1CC. The third kappa shape index (κ3) is 1.67. The van der Waals surface area contributed by atoms with E-state index < -0.39 is 0 Å². The first-order valence-corrected chi connectivity index (χ1v) is 4.11. The van der Waals surface area contributed by atoms with Gasteiger partial charge in [-0.2, -0.15) is 0 Å². The Morgan fingerprint density at radius 1 is 1.50 bits per heavy atom. The highest BCUT2D eigenvalue weighted by molar-refractivity contribution is 5.96. The van der Waals surface area contributed by atoms with Gasteiger partial charge in [-0.25, -0.2) is 9.97 Å². The Bertz CT molecular complexity index is 284. The first-order valence-electron chi connectivity index (χ1n) is 4.11. The highest BCUT2D eigenvalue weighted by atomic mass is 16.1. The summed E-state index contributed by atoms with van der Waals surface area (Å²) in [7, 11) is 0. The van der Waals surface area contributed by atoms with Crippen LogP contribution in [0.2, 0.25) is 0 Å². The summed E-state index contributed by atoms with van der Waals surface area (Å²) in [5.74, 6) is 0.118. The third-order valence-electron chi connectivity index (χ3n) is 1.75. The highest BCUT2D eigenvalue weighted by Crippen LogP contribution is 2.06. The van der Waals surface area contributed by atoms with E-state index in [4.69, 9.17) is 0 Å². The summed E-state index contributed by atoms with van der Waals surface area (Å²) < 4.78 is 0. The number of rotatable bonds is 3. The minimum atomic E-state index is 0.118. The molecule has 0 saturated heterocycles. The number of hydrogen-bond donors (Lipinski definition) is 0. The largest absolute Gasteiger partial charge is 0.294 e. The molecule has 0 amide bonds. The molecule has 64 valence electrons. The van der Waals surface area contributed by atoms with E-state index in [1.165, 1.54) is 6.33 Å². The standard InChI is InChI=1S/C9H12N2O/c1-3-8-7(9(12)4-2)5-10-6-11-8/h5-6H,3-4H2,1-2H3. The fraction of sp³-hybridized carbons (Fsp3) is 0.444. The maximum Gasteiger partial charge on any atom is 0.165 e. The van der Waals surface area contributed by atoms with Gasteiger partial charge in [0, 0.05) is 12.6 Å². The molecule has 0 spiro atoms. The quantitative estimate of drug-likeness (QED) is 0.638. The molecule has 0 unspecified atom stereocenters. The van der Waals surface area contributed by atoms with Crippen LogP contribution >= 0.6 is 0 Å². The maximum absolute atomic E-state index is 11.3. The molecule has 1 aromatic rings. The van der Waals surface area contributed by atoms with Crippen LogP contribution in [0, 0.1) is 0 Å². The van der Waals surface area contributed by atoms with Crippen molar-refractivity contribution in [3.05, 3.63) is 23.8 Å². The van der Waals surface area contributed by atoms with Crippen LogP contribution in [-0.2, 0) is 6.42 Å². The molecule has 0 saturated carbocycles. The topological polar surface area (TPSA) is 42.9 Å². The molecular formula is C9H12N2O. The molecule has 1 aromatic heterocycles. The van der Waals surface area contributed by atoms with E-state index in [9.17, 15) is 4.79 Å². The van der Waals surface area contributed by atoms with Gasteiger partial charge in [-0.15, -0.1) is 0 Å². The van der Waals surface area contributed by atoms with E-state index in [1.54, 1.807) is 6.20 Å². The summed E-state index contributed by atoms with van der Waals surface area (Å²) in [5.41, 5.74) is 1.51. The Labute approximate surface area is 71.9 Å². The van der Waals surface area contributed by atoms with Gasteiger partial charge in [-0.3, -0.25) is 4.79 Å². The zero-order valence-electron chi connectivity index (χ0n) is 7.37. The number of Topliss-reactive ketones (excluding diaryl/α,β-unsaturated/α-hetero) is 1. The minimum absolute atomic E-state index is 0.118. The van der Waals surface area contributed by atoms with Crippen molar-refractivity contribution in [1.29, 1.82) is 0 Å². The van der Waals surface area contributed by atoms with Crippen molar-refractivity contribution in [3.8, 4) is 0 Å². The second-order valence-corrected chi connectivity index (χ2v) is 2.51. The van der Waals surface area contributed by atoms with Gasteiger partial charge in [-0.05, 0) is 6.42 Å². The molecule has 0 aliphatic carbocycles. The summed E-state index contributed by atoms with van der Waals surface area (Å²) in [6.45, 7) is 3.82. The fourth-order valence-electron chi connectivity index (χ4n) is 1.06. The molecule has 3 heteroatoms. The number of hydrogen-bond acceptors (Lipinski definition) is 3. The molecule has 0 aliphatic heterocycles. The Morgan fingerprint density at radius 2 is 2.25 bits per heavy atom. The van der Waals surface area contributed by atoms with E-state index in [1.807, 2.05) is 13.8 Å². The molecule has 0 aliphatic rings. The normalized spacial score (nSPS) is 9.83. The van der Waals surface area contributed by atoms with E-state index >= 15 is 0 Å². The predicted octanol–water partition coefficient (Wildman–Crippen LogP) is 1.63. The van der Waals surface area contributed by atoms with Crippen LogP contribution in [-0.4, -0.2) is 15.8 Å². The van der Waals surface area contributed by atoms with Crippen LogP contribution in [0.5, 0.6) is 0 Å². The minimum Gasteiger partial charge on any atom is -0.294 e. The van der Waals surface area contributed by atoms with Crippen molar-refractivity contribution in [3.63, 3.8) is 0 Å². The summed E-state index contributed by atoms with van der Waals surface area (Å²) in [4.78, 5) is 19.2. The summed E-state index contributed by atoms with van der Waals surface area (Å²) in [5, 5.41) is 0. The summed E-state index contributed by atoms with van der Waals surface area (Å²) in [6.07, 6.45) is 4.37. The Morgan fingerprint density at radius 3 is 2.83 bits per heavy atom. The van der Waals surface area contributed by atoms with E-state index in [-0.39, 0.29) is 5.78 Å². The van der Waals surface area contributed by atoms with Crippen LogP contribution in [0.3, 0.4) is 0 Å². The molecule has 0 bridgehead atoms. The third-order valence-corrected chi connectivity index (χ3v) is 1.75. The lowest BCUT2D eigenvalue weighted by molar-refractivity contribution is 0.0986. The van der Waals surface area contributed by atoms with Crippen molar-refractivity contribution in [2.24, 2.45) is 0 Å². The number of ketones is 1. The second kappa shape index (κ2) is 3.95. The highest BCUT2D eigenvalue weighted by Gasteiger charge is 2.08. The van der Waals surface area contributed by atoms with Crippen LogP contribution in [0.1, 0.15) is 36.3 Å². The molecule has 0 fully saturated rings. The molecule has 1 rings (SSSR count). The lowest BCUT2D eigenvalue weighted by Gasteiger charge is -2.01. The van der Waals surface area contributed by atoms with Crippen molar-refractivity contribution < 1.29 is 4.79 Å². The van der Waals surface area contributed by atoms with Gasteiger partial charge >= 0.3 is 0 Å². The monoisotopic (exact) mass is 164 g/mol. The van der Waals surface area contributed by atoms with Crippen molar-refractivity contribution in [2.75, 3.05) is 0 Å². The molecule has 12 heavy (non-hydrogen) atoms. The average molecular weight is 164 g/mol. The zero-order valence-corrected chi connectivity index (χ0v) is 7.37.